The fourth-order valence-corrected chi connectivity index (χ4v) is 2.79. The number of halogens is 1. The first-order valence-corrected chi connectivity index (χ1v) is 9.27. The Bertz CT molecular complexity index is 877. The largest absolute Gasteiger partial charge is 0.489 e. The summed E-state index contributed by atoms with van der Waals surface area (Å²) >= 11 is 5.92. The summed E-state index contributed by atoms with van der Waals surface area (Å²) in [6.45, 7) is 0.493. The van der Waals surface area contributed by atoms with Gasteiger partial charge in [-0.1, -0.05) is 54.1 Å². The second-order valence-electron chi connectivity index (χ2n) is 6.18. The van der Waals surface area contributed by atoms with Gasteiger partial charge in [0.05, 0.1) is 13.5 Å². The predicted octanol–water partition coefficient (Wildman–Crippen LogP) is 5.60. The van der Waals surface area contributed by atoms with Gasteiger partial charge < -0.3 is 14.2 Å². The second-order valence-corrected chi connectivity index (χ2v) is 6.62. The third-order valence-corrected chi connectivity index (χ3v) is 4.42. The van der Waals surface area contributed by atoms with Crippen molar-refractivity contribution in [2.45, 2.75) is 19.1 Å². The number of hydrogen-bond acceptors (Lipinski definition) is 4. The lowest BCUT2D eigenvalue weighted by molar-refractivity contribution is -0.142. The molecular weight excluding hydrogens is 376 g/mol. The zero-order valence-electron chi connectivity index (χ0n) is 15.5. The fraction of sp³-hybridized carbons (Fsp3) is 0.174. The monoisotopic (exact) mass is 396 g/mol. The summed E-state index contributed by atoms with van der Waals surface area (Å²) in [4.78, 5) is 11.8. The van der Waals surface area contributed by atoms with Gasteiger partial charge in [0.1, 0.15) is 24.2 Å². The van der Waals surface area contributed by atoms with Crippen LogP contribution in [0.5, 0.6) is 11.5 Å². The third-order valence-electron chi connectivity index (χ3n) is 4.17. The second kappa shape index (κ2) is 9.81. The van der Waals surface area contributed by atoms with Crippen LogP contribution in [-0.2, 0) is 16.1 Å². The molecule has 0 aromatic heterocycles. The Balaban J connectivity index is 1.70. The number of ether oxygens (including phenoxy) is 3. The van der Waals surface area contributed by atoms with Crippen LogP contribution in [0.2, 0.25) is 5.02 Å². The molecule has 0 heterocycles. The molecule has 0 saturated heterocycles. The summed E-state index contributed by atoms with van der Waals surface area (Å²) in [7, 11) is 1.36. The van der Waals surface area contributed by atoms with Gasteiger partial charge in [-0.05, 0) is 47.5 Å². The molecule has 0 aliphatic heterocycles. The Morgan fingerprint density at radius 1 is 0.893 bits per heavy atom. The minimum absolute atomic E-state index is 0.101. The Kier molecular flexibility index (Phi) is 6.93. The van der Waals surface area contributed by atoms with E-state index in [1.807, 2.05) is 54.6 Å². The first-order valence-electron chi connectivity index (χ1n) is 8.90. The van der Waals surface area contributed by atoms with E-state index in [4.69, 9.17) is 25.8 Å². The van der Waals surface area contributed by atoms with Crippen LogP contribution in [0.25, 0.3) is 0 Å². The first-order chi connectivity index (χ1) is 13.6. The van der Waals surface area contributed by atoms with E-state index >= 15 is 0 Å². The van der Waals surface area contributed by atoms with E-state index in [2.05, 4.69) is 0 Å². The number of benzene rings is 3. The molecule has 28 heavy (non-hydrogen) atoms. The molecule has 3 aromatic rings. The molecule has 0 amide bonds. The van der Waals surface area contributed by atoms with Crippen molar-refractivity contribution in [1.29, 1.82) is 0 Å². The fourth-order valence-electron chi connectivity index (χ4n) is 2.66. The predicted molar refractivity (Wildman–Crippen MR) is 109 cm³/mol. The molecule has 1 atom stereocenters. The molecule has 5 heteroatoms. The zero-order valence-corrected chi connectivity index (χ0v) is 16.3. The summed E-state index contributed by atoms with van der Waals surface area (Å²) in [6.07, 6.45) is -0.375. The molecule has 0 radical (unpaired) electrons. The molecule has 0 saturated carbocycles. The van der Waals surface area contributed by atoms with Crippen molar-refractivity contribution in [3.8, 4) is 11.5 Å². The molecule has 1 unspecified atom stereocenters. The lowest BCUT2D eigenvalue weighted by Crippen LogP contribution is -2.14. The number of methoxy groups -OCH3 is 1. The molecule has 3 rings (SSSR count). The summed E-state index contributed by atoms with van der Waals surface area (Å²) < 4.78 is 16.6. The van der Waals surface area contributed by atoms with E-state index < -0.39 is 6.10 Å². The van der Waals surface area contributed by atoms with Gasteiger partial charge in [-0.25, -0.2) is 0 Å². The molecular formula is C23H21ClO4. The number of rotatable bonds is 8. The van der Waals surface area contributed by atoms with Crippen molar-refractivity contribution in [2.75, 3.05) is 7.11 Å². The molecule has 0 spiro atoms. The van der Waals surface area contributed by atoms with E-state index in [-0.39, 0.29) is 12.4 Å². The van der Waals surface area contributed by atoms with Crippen molar-refractivity contribution in [2.24, 2.45) is 0 Å². The highest BCUT2D eigenvalue weighted by Gasteiger charge is 2.19. The van der Waals surface area contributed by atoms with E-state index in [9.17, 15) is 4.79 Å². The van der Waals surface area contributed by atoms with Crippen molar-refractivity contribution in [3.05, 3.63) is 95.0 Å². The number of esters is 1. The van der Waals surface area contributed by atoms with Crippen LogP contribution in [0.3, 0.4) is 0 Å². The number of carbonyl (C=O) groups is 1. The third kappa shape index (κ3) is 5.76. The van der Waals surface area contributed by atoms with Crippen molar-refractivity contribution in [3.63, 3.8) is 0 Å². The van der Waals surface area contributed by atoms with E-state index in [0.29, 0.717) is 17.4 Å². The summed E-state index contributed by atoms with van der Waals surface area (Å²) in [5.74, 6) is 1.03. The topological polar surface area (TPSA) is 44.8 Å². The van der Waals surface area contributed by atoms with Gasteiger partial charge in [-0.3, -0.25) is 4.79 Å². The maximum absolute atomic E-state index is 11.8. The number of hydrogen-bond donors (Lipinski definition) is 0. The van der Waals surface area contributed by atoms with Gasteiger partial charge in [-0.2, -0.15) is 0 Å². The molecule has 0 aliphatic carbocycles. The van der Waals surface area contributed by atoms with Gasteiger partial charge in [0.15, 0.2) is 0 Å². The Hall–Kier alpha value is -2.98. The van der Waals surface area contributed by atoms with E-state index in [1.165, 1.54) is 7.11 Å². The van der Waals surface area contributed by atoms with E-state index in [1.54, 1.807) is 24.3 Å². The average Bonchev–Trinajstić information content (AvgIpc) is 2.74. The summed E-state index contributed by atoms with van der Waals surface area (Å²) in [5, 5.41) is 0.622. The highest BCUT2D eigenvalue weighted by Crippen LogP contribution is 2.28. The van der Waals surface area contributed by atoms with Crippen LogP contribution >= 0.6 is 11.6 Å². The lowest BCUT2D eigenvalue weighted by Gasteiger charge is -2.19. The summed E-state index contributed by atoms with van der Waals surface area (Å²) in [6, 6.07) is 24.5. The maximum Gasteiger partial charge on any atom is 0.309 e. The molecule has 0 aliphatic rings. The molecule has 0 fully saturated rings. The quantitative estimate of drug-likeness (QED) is 0.465. The Morgan fingerprint density at radius 2 is 1.54 bits per heavy atom. The van der Waals surface area contributed by atoms with E-state index in [0.717, 1.165) is 16.9 Å². The number of carbonyl (C=O) groups excluding carboxylic acids is 1. The van der Waals surface area contributed by atoms with Gasteiger partial charge in [0.25, 0.3) is 0 Å². The Labute approximate surface area is 169 Å². The summed E-state index contributed by atoms with van der Waals surface area (Å²) in [5.41, 5.74) is 1.95. The standard InChI is InChI=1S/C23H21ClO4/c1-26-23(25)15-22(28-21-13-9-19(24)10-14-21)18-7-11-20(12-8-18)27-16-17-5-3-2-4-6-17/h2-14,22H,15-16H2,1H3. The SMILES string of the molecule is COC(=O)CC(Oc1ccc(Cl)cc1)c1ccc(OCc2ccccc2)cc1. The van der Waals surface area contributed by atoms with Crippen LogP contribution < -0.4 is 9.47 Å². The van der Waals surface area contributed by atoms with Crippen molar-refractivity contribution < 1.29 is 19.0 Å². The van der Waals surface area contributed by atoms with Crippen LogP contribution in [-0.4, -0.2) is 13.1 Å². The average molecular weight is 397 g/mol. The van der Waals surface area contributed by atoms with Crippen LogP contribution in [0.4, 0.5) is 0 Å². The minimum Gasteiger partial charge on any atom is -0.489 e. The smallest absolute Gasteiger partial charge is 0.309 e. The zero-order chi connectivity index (χ0) is 19.8. The van der Waals surface area contributed by atoms with Crippen molar-refractivity contribution in [1.82, 2.24) is 0 Å². The minimum atomic E-state index is -0.475. The molecule has 0 N–H and O–H groups in total. The van der Waals surface area contributed by atoms with Gasteiger partial charge in [0, 0.05) is 5.02 Å². The van der Waals surface area contributed by atoms with Crippen molar-refractivity contribution >= 4 is 17.6 Å². The van der Waals surface area contributed by atoms with Crippen LogP contribution in [0, 0.1) is 0 Å². The molecule has 3 aromatic carbocycles. The maximum atomic E-state index is 11.8. The Morgan fingerprint density at radius 3 is 2.18 bits per heavy atom. The molecule has 144 valence electrons. The van der Waals surface area contributed by atoms with Gasteiger partial charge in [0.2, 0.25) is 0 Å². The normalized spacial score (nSPS) is 11.5. The molecule has 4 nitrogen and oxygen atoms in total. The van der Waals surface area contributed by atoms with Gasteiger partial charge in [-0.15, -0.1) is 0 Å². The highest BCUT2D eigenvalue weighted by atomic mass is 35.5. The molecule has 0 bridgehead atoms. The van der Waals surface area contributed by atoms with Crippen LogP contribution in [0.1, 0.15) is 23.7 Å². The van der Waals surface area contributed by atoms with Gasteiger partial charge >= 0.3 is 5.97 Å². The lowest BCUT2D eigenvalue weighted by atomic mass is 10.1. The van der Waals surface area contributed by atoms with Crippen LogP contribution in [0.15, 0.2) is 78.9 Å². The highest BCUT2D eigenvalue weighted by molar-refractivity contribution is 6.30. The first kappa shape index (κ1) is 19.8.